The Hall–Kier alpha value is -1.95. The molecule has 1 aliphatic heterocycles. The van der Waals surface area contributed by atoms with Gasteiger partial charge in [-0.3, -0.25) is 14.9 Å². The van der Waals surface area contributed by atoms with Crippen molar-refractivity contribution < 1.29 is 9.72 Å². The second-order valence-corrected chi connectivity index (χ2v) is 5.00. The zero-order valence-electron chi connectivity index (χ0n) is 11.3. The van der Waals surface area contributed by atoms with Gasteiger partial charge in [-0.2, -0.15) is 0 Å². The van der Waals surface area contributed by atoms with Crippen molar-refractivity contribution in [2.45, 2.75) is 13.3 Å². The Labute approximate surface area is 111 Å². The molecule has 6 nitrogen and oxygen atoms in total. The van der Waals surface area contributed by atoms with E-state index in [1.807, 2.05) is 19.0 Å². The number of hydrogen-bond acceptors (Lipinski definition) is 4. The fraction of sp³-hybridized carbons (Fsp3) is 0.462. The Morgan fingerprint density at radius 1 is 1.47 bits per heavy atom. The van der Waals surface area contributed by atoms with Crippen LogP contribution in [-0.2, 0) is 11.2 Å². The molecule has 1 heterocycles. The number of nitrogens with zero attached hydrogens (tertiary/aromatic N) is 3. The van der Waals surface area contributed by atoms with Crippen molar-refractivity contribution in [1.82, 2.24) is 4.90 Å². The van der Waals surface area contributed by atoms with Crippen molar-refractivity contribution in [3.05, 3.63) is 33.4 Å². The van der Waals surface area contributed by atoms with Crippen LogP contribution in [0.5, 0.6) is 0 Å². The molecular formula is C13H17N3O3. The summed E-state index contributed by atoms with van der Waals surface area (Å²) in [5, 5.41) is 10.9. The molecule has 0 spiro atoms. The fourth-order valence-corrected chi connectivity index (χ4v) is 2.46. The van der Waals surface area contributed by atoms with E-state index in [0.717, 1.165) is 11.3 Å². The molecule has 1 aliphatic rings. The number of carbonyl (C=O) groups is 1. The monoisotopic (exact) mass is 263 g/mol. The average Bonchev–Trinajstić information content (AvgIpc) is 2.72. The first-order chi connectivity index (χ1) is 8.91. The van der Waals surface area contributed by atoms with Gasteiger partial charge in [-0.15, -0.1) is 0 Å². The van der Waals surface area contributed by atoms with Crippen molar-refractivity contribution in [3.63, 3.8) is 0 Å². The summed E-state index contributed by atoms with van der Waals surface area (Å²) in [4.78, 5) is 26.2. The Bertz CT molecular complexity index is 540. The van der Waals surface area contributed by atoms with E-state index in [-0.39, 0.29) is 16.5 Å². The lowest BCUT2D eigenvalue weighted by atomic mass is 10.0. The SMILES string of the molecule is Cc1c([N+](=O)[O-])ccc2c1CCN2C(=O)CN(C)C. The highest BCUT2D eigenvalue weighted by atomic mass is 16.6. The van der Waals surface area contributed by atoms with Crippen LogP contribution in [0.3, 0.4) is 0 Å². The number of likely N-dealkylation sites (N-methyl/N-ethyl adjacent to an activating group) is 1. The number of fused-ring (bicyclic) bond motifs is 1. The molecule has 19 heavy (non-hydrogen) atoms. The van der Waals surface area contributed by atoms with Crippen LogP contribution in [0.4, 0.5) is 11.4 Å². The van der Waals surface area contributed by atoms with Crippen molar-refractivity contribution in [3.8, 4) is 0 Å². The van der Waals surface area contributed by atoms with Crippen LogP contribution in [0, 0.1) is 17.0 Å². The van der Waals surface area contributed by atoms with E-state index in [1.54, 1.807) is 17.9 Å². The maximum atomic E-state index is 12.1. The average molecular weight is 263 g/mol. The molecule has 0 aromatic heterocycles. The Kier molecular flexibility index (Phi) is 3.53. The number of nitro benzene ring substituents is 1. The summed E-state index contributed by atoms with van der Waals surface area (Å²) in [5.74, 6) is 0.0250. The second-order valence-electron chi connectivity index (χ2n) is 5.00. The number of nitro groups is 1. The second kappa shape index (κ2) is 4.97. The molecule has 1 aromatic rings. The van der Waals surface area contributed by atoms with Gasteiger partial charge in [0, 0.05) is 23.9 Å². The molecule has 0 atom stereocenters. The molecule has 1 amide bonds. The zero-order chi connectivity index (χ0) is 14.2. The van der Waals surface area contributed by atoms with Gasteiger partial charge in [-0.05, 0) is 39.1 Å². The highest BCUT2D eigenvalue weighted by Crippen LogP contribution is 2.35. The summed E-state index contributed by atoms with van der Waals surface area (Å²) in [6.45, 7) is 2.69. The number of anilines is 1. The predicted octanol–water partition coefficient (Wildman–Crippen LogP) is 1.35. The molecule has 2 rings (SSSR count). The standard InChI is InChI=1S/C13H17N3O3/c1-9-10-6-7-15(13(17)8-14(2)3)12(10)5-4-11(9)16(18)19/h4-5H,6-8H2,1-3H3. The molecule has 0 aliphatic carbocycles. The summed E-state index contributed by atoms with van der Waals surface area (Å²) in [7, 11) is 3.69. The van der Waals surface area contributed by atoms with E-state index in [1.165, 1.54) is 6.07 Å². The Morgan fingerprint density at radius 3 is 2.74 bits per heavy atom. The van der Waals surface area contributed by atoms with E-state index < -0.39 is 0 Å². The van der Waals surface area contributed by atoms with Crippen molar-refractivity contribution >= 4 is 17.3 Å². The third kappa shape index (κ3) is 2.44. The van der Waals surface area contributed by atoms with Crippen LogP contribution in [-0.4, -0.2) is 42.9 Å². The first kappa shape index (κ1) is 13.5. The summed E-state index contributed by atoms with van der Waals surface area (Å²) >= 11 is 0. The van der Waals surface area contributed by atoms with Crippen LogP contribution < -0.4 is 4.90 Å². The zero-order valence-corrected chi connectivity index (χ0v) is 11.3. The van der Waals surface area contributed by atoms with Crippen molar-refractivity contribution in [1.29, 1.82) is 0 Å². The van der Waals surface area contributed by atoms with Gasteiger partial charge in [-0.1, -0.05) is 0 Å². The highest BCUT2D eigenvalue weighted by Gasteiger charge is 2.28. The van der Waals surface area contributed by atoms with Crippen molar-refractivity contribution in [2.24, 2.45) is 0 Å². The highest BCUT2D eigenvalue weighted by molar-refractivity contribution is 5.97. The molecule has 0 bridgehead atoms. The molecule has 0 fully saturated rings. The van der Waals surface area contributed by atoms with E-state index >= 15 is 0 Å². The van der Waals surface area contributed by atoms with Gasteiger partial charge >= 0.3 is 0 Å². The molecule has 0 N–H and O–H groups in total. The van der Waals surface area contributed by atoms with E-state index in [2.05, 4.69) is 0 Å². The quantitative estimate of drug-likeness (QED) is 0.610. The van der Waals surface area contributed by atoms with E-state index in [4.69, 9.17) is 0 Å². The molecule has 0 saturated heterocycles. The number of benzene rings is 1. The maximum absolute atomic E-state index is 12.1. The summed E-state index contributed by atoms with van der Waals surface area (Å²) < 4.78 is 0. The van der Waals surface area contributed by atoms with Crippen LogP contribution in [0.25, 0.3) is 0 Å². The summed E-state index contributed by atoms with van der Waals surface area (Å²) in [5.41, 5.74) is 2.53. The largest absolute Gasteiger partial charge is 0.311 e. The maximum Gasteiger partial charge on any atom is 0.272 e. The van der Waals surface area contributed by atoms with Crippen LogP contribution >= 0.6 is 0 Å². The number of hydrogen-bond donors (Lipinski definition) is 0. The first-order valence-corrected chi connectivity index (χ1v) is 6.13. The van der Waals surface area contributed by atoms with Gasteiger partial charge in [0.2, 0.25) is 5.91 Å². The van der Waals surface area contributed by atoms with Crippen LogP contribution in [0.1, 0.15) is 11.1 Å². The fourth-order valence-electron chi connectivity index (χ4n) is 2.46. The smallest absolute Gasteiger partial charge is 0.272 e. The third-order valence-electron chi connectivity index (χ3n) is 3.37. The Balaban J connectivity index is 2.34. The summed E-state index contributed by atoms with van der Waals surface area (Å²) in [6.07, 6.45) is 0.683. The van der Waals surface area contributed by atoms with E-state index in [0.29, 0.717) is 25.1 Å². The minimum absolute atomic E-state index is 0.0250. The number of rotatable bonds is 3. The molecule has 102 valence electrons. The molecular weight excluding hydrogens is 246 g/mol. The van der Waals surface area contributed by atoms with Gasteiger partial charge in [0.25, 0.3) is 5.69 Å². The lowest BCUT2D eigenvalue weighted by Crippen LogP contribution is -2.36. The minimum atomic E-state index is -0.375. The first-order valence-electron chi connectivity index (χ1n) is 6.13. The van der Waals surface area contributed by atoms with Gasteiger partial charge in [0.15, 0.2) is 0 Å². The molecule has 1 aromatic carbocycles. The third-order valence-corrected chi connectivity index (χ3v) is 3.37. The molecule has 6 heteroatoms. The molecule has 0 saturated carbocycles. The minimum Gasteiger partial charge on any atom is -0.311 e. The van der Waals surface area contributed by atoms with Crippen molar-refractivity contribution in [2.75, 3.05) is 32.1 Å². The Morgan fingerprint density at radius 2 is 2.16 bits per heavy atom. The lowest BCUT2D eigenvalue weighted by Gasteiger charge is -2.19. The predicted molar refractivity (Wildman–Crippen MR) is 72.4 cm³/mol. The van der Waals surface area contributed by atoms with E-state index in [9.17, 15) is 14.9 Å². The van der Waals surface area contributed by atoms with Gasteiger partial charge < -0.3 is 9.80 Å². The number of carbonyl (C=O) groups excluding carboxylic acids is 1. The molecule has 0 radical (unpaired) electrons. The normalized spacial score (nSPS) is 13.8. The topological polar surface area (TPSA) is 66.7 Å². The lowest BCUT2D eigenvalue weighted by molar-refractivity contribution is -0.385. The van der Waals surface area contributed by atoms with Crippen LogP contribution in [0.2, 0.25) is 0 Å². The van der Waals surface area contributed by atoms with Crippen LogP contribution in [0.15, 0.2) is 12.1 Å². The summed E-state index contributed by atoms with van der Waals surface area (Å²) in [6, 6.07) is 3.16. The van der Waals surface area contributed by atoms with Gasteiger partial charge in [-0.25, -0.2) is 0 Å². The van der Waals surface area contributed by atoms with Gasteiger partial charge in [0.1, 0.15) is 0 Å². The number of amides is 1. The molecule has 0 unspecified atom stereocenters. The van der Waals surface area contributed by atoms with Gasteiger partial charge in [0.05, 0.1) is 11.5 Å².